The average Bonchev–Trinajstić information content (AvgIpc) is 2.42. The highest BCUT2D eigenvalue weighted by Gasteiger charge is 2.03. The first-order chi connectivity index (χ1) is 9.66. The van der Waals surface area contributed by atoms with Gasteiger partial charge in [0.25, 0.3) is 0 Å². The van der Waals surface area contributed by atoms with Gasteiger partial charge in [0, 0.05) is 18.5 Å². The summed E-state index contributed by atoms with van der Waals surface area (Å²) in [5, 5.41) is 15.0. The summed E-state index contributed by atoms with van der Waals surface area (Å²) >= 11 is 0. The van der Waals surface area contributed by atoms with Crippen LogP contribution in [0.4, 0.5) is 16.3 Å². The number of pyridine rings is 1. The van der Waals surface area contributed by atoms with Crippen molar-refractivity contribution in [2.24, 2.45) is 0 Å². The fourth-order valence-corrected chi connectivity index (χ4v) is 1.93. The average molecular weight is 274 g/mol. The Hall–Kier alpha value is -2.50. The fourth-order valence-electron chi connectivity index (χ4n) is 1.93. The molecular formula is C14H18N4O2. The maximum atomic E-state index is 10.3. The summed E-state index contributed by atoms with van der Waals surface area (Å²) in [6.07, 6.45) is 0.625. The highest BCUT2D eigenvalue weighted by atomic mass is 16.4. The van der Waals surface area contributed by atoms with Gasteiger partial charge in [-0.15, -0.1) is 0 Å². The van der Waals surface area contributed by atoms with Gasteiger partial charge in [0.2, 0.25) is 0 Å². The first-order valence-corrected chi connectivity index (χ1v) is 6.53. The zero-order valence-corrected chi connectivity index (χ0v) is 11.1. The maximum Gasteiger partial charge on any atom is 0.404 e. The number of nitrogens with one attached hydrogen (secondary N) is 2. The minimum atomic E-state index is -0.988. The predicted molar refractivity (Wildman–Crippen MR) is 79.9 cm³/mol. The molecule has 6 nitrogen and oxygen atoms in total. The van der Waals surface area contributed by atoms with Gasteiger partial charge in [-0.1, -0.05) is 18.2 Å². The Morgan fingerprint density at radius 2 is 2.00 bits per heavy atom. The third kappa shape index (κ3) is 3.74. The molecule has 0 unspecified atom stereocenters. The van der Waals surface area contributed by atoms with E-state index in [0.29, 0.717) is 24.6 Å². The van der Waals surface area contributed by atoms with Gasteiger partial charge in [-0.25, -0.2) is 9.78 Å². The summed E-state index contributed by atoms with van der Waals surface area (Å²) in [7, 11) is 0. The molecule has 106 valence electrons. The molecular weight excluding hydrogens is 256 g/mol. The molecule has 2 rings (SSSR count). The van der Waals surface area contributed by atoms with E-state index in [9.17, 15) is 4.79 Å². The predicted octanol–water partition coefficient (Wildman–Crippen LogP) is 2.28. The van der Waals surface area contributed by atoms with Crippen molar-refractivity contribution in [2.45, 2.75) is 12.8 Å². The number of hydrogen-bond donors (Lipinski definition) is 4. The lowest BCUT2D eigenvalue weighted by Crippen LogP contribution is -2.22. The number of benzene rings is 1. The van der Waals surface area contributed by atoms with Gasteiger partial charge in [0.05, 0.1) is 11.2 Å². The van der Waals surface area contributed by atoms with E-state index in [0.717, 1.165) is 23.7 Å². The molecule has 0 fully saturated rings. The normalized spacial score (nSPS) is 10.4. The lowest BCUT2D eigenvalue weighted by atomic mass is 10.2. The first kappa shape index (κ1) is 13.9. The number of nitrogens with two attached hydrogens (primary N) is 1. The molecule has 6 heteroatoms. The van der Waals surface area contributed by atoms with Gasteiger partial charge < -0.3 is 21.5 Å². The van der Waals surface area contributed by atoms with Crippen LogP contribution in [0.5, 0.6) is 0 Å². The summed E-state index contributed by atoms with van der Waals surface area (Å²) in [4.78, 5) is 14.7. The van der Waals surface area contributed by atoms with Crippen LogP contribution in [0.25, 0.3) is 10.9 Å². The van der Waals surface area contributed by atoms with Gasteiger partial charge in [-0.2, -0.15) is 0 Å². The second kappa shape index (κ2) is 6.60. The smallest absolute Gasteiger partial charge is 0.404 e. The van der Waals surface area contributed by atoms with Gasteiger partial charge in [-0.05, 0) is 25.0 Å². The van der Waals surface area contributed by atoms with Crippen molar-refractivity contribution in [1.29, 1.82) is 0 Å². The van der Waals surface area contributed by atoms with E-state index in [1.165, 1.54) is 0 Å². The van der Waals surface area contributed by atoms with E-state index in [1.54, 1.807) is 0 Å². The maximum absolute atomic E-state index is 10.3. The number of carboxylic acid groups (broad SMARTS) is 1. The van der Waals surface area contributed by atoms with Crippen molar-refractivity contribution in [1.82, 2.24) is 10.3 Å². The van der Waals surface area contributed by atoms with Crippen LogP contribution in [0.1, 0.15) is 12.8 Å². The van der Waals surface area contributed by atoms with E-state index < -0.39 is 6.09 Å². The quantitative estimate of drug-likeness (QED) is 0.605. The second-order valence-electron chi connectivity index (χ2n) is 4.48. The Kier molecular flexibility index (Phi) is 4.60. The van der Waals surface area contributed by atoms with Gasteiger partial charge in [0.15, 0.2) is 0 Å². The van der Waals surface area contributed by atoms with Crippen LogP contribution in [0.2, 0.25) is 0 Å². The molecule has 1 heterocycles. The number of fused-ring (bicyclic) bond motifs is 1. The minimum Gasteiger partial charge on any atom is -0.465 e. The van der Waals surface area contributed by atoms with Crippen LogP contribution in [0, 0.1) is 0 Å². The van der Waals surface area contributed by atoms with Crippen molar-refractivity contribution >= 4 is 28.5 Å². The zero-order valence-electron chi connectivity index (χ0n) is 11.1. The number of carbonyl (C=O) groups is 1. The van der Waals surface area contributed by atoms with Crippen LogP contribution in [-0.4, -0.2) is 29.3 Å². The van der Waals surface area contributed by atoms with E-state index in [4.69, 9.17) is 10.8 Å². The zero-order chi connectivity index (χ0) is 14.4. The molecule has 0 aliphatic rings. The minimum absolute atomic E-state index is 0.456. The van der Waals surface area contributed by atoms with E-state index in [2.05, 4.69) is 15.6 Å². The molecule has 0 saturated carbocycles. The van der Waals surface area contributed by atoms with Crippen LogP contribution in [0.15, 0.2) is 30.3 Å². The van der Waals surface area contributed by atoms with E-state index >= 15 is 0 Å². The molecule has 0 saturated heterocycles. The van der Waals surface area contributed by atoms with Crippen molar-refractivity contribution in [3.63, 3.8) is 0 Å². The molecule has 0 bridgehead atoms. The SMILES string of the molecule is Nc1cc2ccccc2nc1NCCCCNC(=O)O. The molecule has 0 atom stereocenters. The molecule has 20 heavy (non-hydrogen) atoms. The summed E-state index contributed by atoms with van der Waals surface area (Å²) in [5.41, 5.74) is 7.47. The Bertz CT molecular complexity index is 601. The molecule has 1 amide bonds. The largest absolute Gasteiger partial charge is 0.465 e. The highest BCUT2D eigenvalue weighted by Crippen LogP contribution is 2.21. The van der Waals surface area contributed by atoms with E-state index in [1.807, 2.05) is 30.3 Å². The van der Waals surface area contributed by atoms with Crippen molar-refractivity contribution < 1.29 is 9.90 Å². The van der Waals surface area contributed by atoms with Gasteiger partial charge in [-0.3, -0.25) is 0 Å². The van der Waals surface area contributed by atoms with Crippen LogP contribution < -0.4 is 16.4 Å². The molecule has 0 aliphatic heterocycles. The molecule has 1 aromatic carbocycles. The van der Waals surface area contributed by atoms with E-state index in [-0.39, 0.29) is 0 Å². The van der Waals surface area contributed by atoms with Crippen molar-refractivity contribution in [3.05, 3.63) is 30.3 Å². The standard InChI is InChI=1S/C14H18N4O2/c15-11-9-10-5-1-2-6-12(10)18-13(11)16-7-3-4-8-17-14(19)20/h1-2,5-6,9,17H,3-4,7-8,15H2,(H,16,18)(H,19,20). The monoisotopic (exact) mass is 274 g/mol. The molecule has 0 spiro atoms. The molecule has 2 aromatic rings. The number of aromatic nitrogens is 1. The lowest BCUT2D eigenvalue weighted by molar-refractivity contribution is 0.194. The number of nitrogen functional groups attached to an aromatic ring is 1. The van der Waals surface area contributed by atoms with Crippen LogP contribution in [-0.2, 0) is 0 Å². The number of nitrogens with zero attached hydrogens (tertiary/aromatic N) is 1. The number of anilines is 2. The lowest BCUT2D eigenvalue weighted by Gasteiger charge is -2.09. The number of hydrogen-bond acceptors (Lipinski definition) is 4. The summed E-state index contributed by atoms with van der Waals surface area (Å²) < 4.78 is 0. The fraction of sp³-hybridized carbons (Fsp3) is 0.286. The van der Waals surface area contributed by atoms with Gasteiger partial charge in [0.1, 0.15) is 5.82 Å². The Labute approximate surface area is 117 Å². The third-order valence-electron chi connectivity index (χ3n) is 2.93. The Morgan fingerprint density at radius 3 is 2.80 bits per heavy atom. The molecule has 0 aliphatic carbocycles. The van der Waals surface area contributed by atoms with Crippen LogP contribution >= 0.6 is 0 Å². The second-order valence-corrected chi connectivity index (χ2v) is 4.48. The highest BCUT2D eigenvalue weighted by molar-refractivity contribution is 5.85. The van der Waals surface area contributed by atoms with Gasteiger partial charge >= 0.3 is 6.09 Å². The summed E-state index contributed by atoms with van der Waals surface area (Å²) in [5.74, 6) is 0.676. The number of para-hydroxylation sites is 1. The molecule has 5 N–H and O–H groups in total. The topological polar surface area (TPSA) is 100 Å². The Morgan fingerprint density at radius 1 is 1.25 bits per heavy atom. The molecule has 1 aromatic heterocycles. The number of unbranched alkanes of at least 4 members (excludes halogenated alkanes) is 1. The summed E-state index contributed by atoms with van der Waals surface area (Å²) in [6.45, 7) is 1.16. The third-order valence-corrected chi connectivity index (χ3v) is 2.93. The Balaban J connectivity index is 1.86. The van der Waals surface area contributed by atoms with Crippen molar-refractivity contribution in [2.75, 3.05) is 24.1 Å². The molecule has 0 radical (unpaired) electrons. The number of rotatable bonds is 6. The van der Waals surface area contributed by atoms with Crippen molar-refractivity contribution in [3.8, 4) is 0 Å². The summed E-state index contributed by atoms with van der Waals surface area (Å²) in [6, 6.07) is 9.70. The number of amides is 1. The first-order valence-electron chi connectivity index (χ1n) is 6.53. The van der Waals surface area contributed by atoms with Crippen LogP contribution in [0.3, 0.4) is 0 Å².